The number of aryl methyl sites for hydroxylation is 1. The van der Waals surface area contributed by atoms with Gasteiger partial charge in [-0.05, 0) is 12.5 Å². The van der Waals surface area contributed by atoms with Crippen LogP contribution in [0.2, 0.25) is 0 Å². The SMILES string of the molecule is Cc1cccc(CC(=O)N(CCCl)CCCl)c1. The van der Waals surface area contributed by atoms with E-state index in [9.17, 15) is 4.79 Å². The molecule has 2 nitrogen and oxygen atoms in total. The van der Waals surface area contributed by atoms with Gasteiger partial charge in [0.15, 0.2) is 0 Å². The molecular formula is C13H17Cl2NO. The van der Waals surface area contributed by atoms with Crippen LogP contribution < -0.4 is 0 Å². The van der Waals surface area contributed by atoms with Gasteiger partial charge in [0.05, 0.1) is 6.42 Å². The summed E-state index contributed by atoms with van der Waals surface area (Å²) in [5.41, 5.74) is 2.20. The van der Waals surface area contributed by atoms with E-state index in [1.165, 1.54) is 0 Å². The maximum atomic E-state index is 12.0. The molecule has 0 aliphatic heterocycles. The summed E-state index contributed by atoms with van der Waals surface area (Å²) in [5.74, 6) is 0.962. The Hall–Kier alpha value is -0.730. The predicted molar refractivity (Wildman–Crippen MR) is 72.9 cm³/mol. The Morgan fingerprint density at radius 2 is 1.88 bits per heavy atom. The minimum Gasteiger partial charge on any atom is -0.340 e. The highest BCUT2D eigenvalue weighted by Crippen LogP contribution is 2.07. The van der Waals surface area contributed by atoms with Crippen molar-refractivity contribution in [2.45, 2.75) is 13.3 Å². The maximum Gasteiger partial charge on any atom is 0.227 e. The number of carbonyl (C=O) groups is 1. The smallest absolute Gasteiger partial charge is 0.227 e. The first-order chi connectivity index (χ1) is 8.17. The molecule has 1 aromatic carbocycles. The zero-order chi connectivity index (χ0) is 12.7. The Bertz CT molecular complexity index is 362. The summed E-state index contributed by atoms with van der Waals surface area (Å²) in [4.78, 5) is 13.7. The Morgan fingerprint density at radius 1 is 1.24 bits per heavy atom. The average molecular weight is 274 g/mol. The first-order valence-corrected chi connectivity index (χ1v) is 6.69. The second kappa shape index (κ2) is 7.57. The third kappa shape index (κ3) is 4.97. The van der Waals surface area contributed by atoms with Gasteiger partial charge in [-0.15, -0.1) is 23.2 Å². The lowest BCUT2D eigenvalue weighted by Crippen LogP contribution is -2.35. The lowest BCUT2D eigenvalue weighted by atomic mass is 10.1. The molecule has 1 rings (SSSR count). The Labute approximate surface area is 113 Å². The van der Waals surface area contributed by atoms with Crippen molar-refractivity contribution >= 4 is 29.1 Å². The van der Waals surface area contributed by atoms with E-state index in [1.54, 1.807) is 4.90 Å². The highest BCUT2D eigenvalue weighted by molar-refractivity contribution is 6.18. The summed E-state index contributed by atoms with van der Waals surface area (Å²) in [6.45, 7) is 3.13. The number of rotatable bonds is 6. The summed E-state index contributed by atoms with van der Waals surface area (Å²) in [7, 11) is 0. The molecule has 94 valence electrons. The monoisotopic (exact) mass is 273 g/mol. The molecule has 0 bridgehead atoms. The van der Waals surface area contributed by atoms with Gasteiger partial charge in [-0.2, -0.15) is 0 Å². The van der Waals surface area contributed by atoms with E-state index in [1.807, 2.05) is 31.2 Å². The average Bonchev–Trinajstić information content (AvgIpc) is 2.28. The molecule has 0 saturated heterocycles. The van der Waals surface area contributed by atoms with Crippen LogP contribution in [0.5, 0.6) is 0 Å². The minimum absolute atomic E-state index is 0.0805. The topological polar surface area (TPSA) is 20.3 Å². The van der Waals surface area contributed by atoms with Crippen molar-refractivity contribution in [2.24, 2.45) is 0 Å². The fourth-order valence-corrected chi connectivity index (χ4v) is 2.08. The van der Waals surface area contributed by atoms with Gasteiger partial charge in [0.2, 0.25) is 5.91 Å². The van der Waals surface area contributed by atoms with Crippen LogP contribution in [0.3, 0.4) is 0 Å². The van der Waals surface area contributed by atoms with Crippen LogP contribution in [0, 0.1) is 6.92 Å². The Balaban J connectivity index is 2.62. The number of halogens is 2. The number of hydrogen-bond donors (Lipinski definition) is 0. The molecule has 17 heavy (non-hydrogen) atoms. The van der Waals surface area contributed by atoms with Crippen molar-refractivity contribution in [2.75, 3.05) is 24.8 Å². The molecule has 0 atom stereocenters. The lowest BCUT2D eigenvalue weighted by molar-refractivity contribution is -0.130. The molecule has 0 N–H and O–H groups in total. The van der Waals surface area contributed by atoms with Crippen LogP contribution in [0.1, 0.15) is 11.1 Å². The molecule has 0 spiro atoms. The van der Waals surface area contributed by atoms with Crippen molar-refractivity contribution in [3.05, 3.63) is 35.4 Å². The van der Waals surface area contributed by atoms with E-state index in [4.69, 9.17) is 23.2 Å². The molecule has 0 heterocycles. The second-order valence-electron chi connectivity index (χ2n) is 3.92. The summed E-state index contributed by atoms with van der Waals surface area (Å²) in [6.07, 6.45) is 0.412. The highest BCUT2D eigenvalue weighted by atomic mass is 35.5. The summed E-state index contributed by atoms with van der Waals surface area (Å²) < 4.78 is 0. The summed E-state index contributed by atoms with van der Waals surface area (Å²) in [5, 5.41) is 0. The quantitative estimate of drug-likeness (QED) is 0.730. The maximum absolute atomic E-state index is 12.0. The van der Waals surface area contributed by atoms with Crippen LogP contribution >= 0.6 is 23.2 Å². The molecule has 4 heteroatoms. The van der Waals surface area contributed by atoms with Gasteiger partial charge in [-0.25, -0.2) is 0 Å². The molecular weight excluding hydrogens is 257 g/mol. The fraction of sp³-hybridized carbons (Fsp3) is 0.462. The largest absolute Gasteiger partial charge is 0.340 e. The van der Waals surface area contributed by atoms with Gasteiger partial charge in [0.25, 0.3) is 0 Å². The normalized spacial score (nSPS) is 10.3. The van der Waals surface area contributed by atoms with E-state index in [0.29, 0.717) is 31.3 Å². The van der Waals surface area contributed by atoms with Gasteiger partial charge in [-0.1, -0.05) is 29.8 Å². The molecule has 0 aromatic heterocycles. The van der Waals surface area contributed by atoms with Crippen molar-refractivity contribution < 1.29 is 4.79 Å². The van der Waals surface area contributed by atoms with E-state index in [-0.39, 0.29) is 5.91 Å². The van der Waals surface area contributed by atoms with Crippen molar-refractivity contribution in [3.8, 4) is 0 Å². The zero-order valence-corrected chi connectivity index (χ0v) is 11.5. The van der Waals surface area contributed by atoms with Crippen LogP contribution in [0.4, 0.5) is 0 Å². The van der Waals surface area contributed by atoms with E-state index in [2.05, 4.69) is 0 Å². The van der Waals surface area contributed by atoms with Gasteiger partial charge in [0.1, 0.15) is 0 Å². The summed E-state index contributed by atoms with van der Waals surface area (Å²) in [6, 6.07) is 7.97. The molecule has 0 aliphatic carbocycles. The van der Waals surface area contributed by atoms with Crippen molar-refractivity contribution in [1.82, 2.24) is 4.90 Å². The predicted octanol–water partition coefficient (Wildman–Crippen LogP) is 2.84. The van der Waals surface area contributed by atoms with Gasteiger partial charge < -0.3 is 4.90 Å². The minimum atomic E-state index is 0.0805. The van der Waals surface area contributed by atoms with E-state index >= 15 is 0 Å². The second-order valence-corrected chi connectivity index (χ2v) is 4.68. The number of benzene rings is 1. The third-order valence-electron chi connectivity index (χ3n) is 2.50. The van der Waals surface area contributed by atoms with Crippen molar-refractivity contribution in [1.29, 1.82) is 0 Å². The molecule has 1 amide bonds. The highest BCUT2D eigenvalue weighted by Gasteiger charge is 2.12. The van der Waals surface area contributed by atoms with Gasteiger partial charge in [-0.3, -0.25) is 4.79 Å². The zero-order valence-electron chi connectivity index (χ0n) is 9.96. The van der Waals surface area contributed by atoms with Crippen molar-refractivity contribution in [3.63, 3.8) is 0 Å². The molecule has 0 saturated carbocycles. The van der Waals surface area contributed by atoms with Crippen LogP contribution in [-0.4, -0.2) is 35.7 Å². The standard InChI is InChI=1S/C13H17Cl2NO/c1-11-3-2-4-12(9-11)10-13(17)16(7-5-14)8-6-15/h2-4,9H,5-8,10H2,1H3. The third-order valence-corrected chi connectivity index (χ3v) is 2.84. The Kier molecular flexibility index (Phi) is 6.38. The Morgan fingerprint density at radius 3 is 2.41 bits per heavy atom. The van der Waals surface area contributed by atoms with E-state index in [0.717, 1.165) is 11.1 Å². The molecule has 1 aromatic rings. The number of carbonyl (C=O) groups excluding carboxylic acids is 1. The summed E-state index contributed by atoms with van der Waals surface area (Å²) >= 11 is 11.3. The number of hydrogen-bond acceptors (Lipinski definition) is 1. The first kappa shape index (κ1) is 14.3. The van der Waals surface area contributed by atoms with Crippen LogP contribution in [0.25, 0.3) is 0 Å². The number of alkyl halides is 2. The first-order valence-electron chi connectivity index (χ1n) is 5.62. The molecule has 0 aliphatic rings. The number of nitrogens with zero attached hydrogens (tertiary/aromatic N) is 1. The molecule has 0 unspecified atom stereocenters. The lowest BCUT2D eigenvalue weighted by Gasteiger charge is -2.20. The molecule has 0 radical (unpaired) electrons. The van der Waals surface area contributed by atoms with Gasteiger partial charge >= 0.3 is 0 Å². The fourth-order valence-electron chi connectivity index (χ4n) is 1.67. The van der Waals surface area contributed by atoms with Crippen LogP contribution in [0.15, 0.2) is 24.3 Å². The number of amides is 1. The van der Waals surface area contributed by atoms with Gasteiger partial charge in [0, 0.05) is 24.8 Å². The van der Waals surface area contributed by atoms with E-state index < -0.39 is 0 Å². The molecule has 0 fully saturated rings. The van der Waals surface area contributed by atoms with Crippen LogP contribution in [-0.2, 0) is 11.2 Å².